The molecule has 0 spiro atoms. The highest BCUT2D eigenvalue weighted by Crippen LogP contribution is 2.35. The number of aromatic nitrogens is 1. The van der Waals surface area contributed by atoms with Crippen LogP contribution >= 0.6 is 15.9 Å². The van der Waals surface area contributed by atoms with Gasteiger partial charge in [0, 0.05) is 50.9 Å². The molecule has 0 saturated carbocycles. The molecule has 6 nitrogen and oxygen atoms in total. The van der Waals surface area contributed by atoms with E-state index in [1.165, 1.54) is 0 Å². The standard InChI is InChI=1S/C18H24BrN3O3/c1-4-25-18(23)17-12-9-16(24-3)13(19)10-14(12)21(2)15(17)11-22-7-5-20-6-8-22/h9-10,20H,4-8,11H2,1-3H3. The minimum atomic E-state index is -0.275. The molecule has 1 fully saturated rings. The third kappa shape index (κ3) is 3.54. The molecule has 25 heavy (non-hydrogen) atoms. The SMILES string of the molecule is CCOC(=O)c1c(CN2CCNCC2)n(C)c2cc(Br)c(OC)cc12. The maximum Gasteiger partial charge on any atom is 0.340 e. The van der Waals surface area contributed by atoms with Crippen molar-refractivity contribution in [2.24, 2.45) is 7.05 Å². The van der Waals surface area contributed by atoms with Crippen molar-refractivity contribution >= 4 is 32.8 Å². The van der Waals surface area contributed by atoms with Gasteiger partial charge in [-0.2, -0.15) is 0 Å². The molecule has 1 N–H and O–H groups in total. The first-order chi connectivity index (χ1) is 12.1. The monoisotopic (exact) mass is 409 g/mol. The van der Waals surface area contributed by atoms with E-state index in [1.54, 1.807) is 7.11 Å². The van der Waals surface area contributed by atoms with E-state index in [1.807, 2.05) is 26.1 Å². The number of fused-ring (bicyclic) bond motifs is 1. The molecule has 2 aromatic rings. The third-order valence-corrected chi connectivity index (χ3v) is 5.28. The summed E-state index contributed by atoms with van der Waals surface area (Å²) in [5.41, 5.74) is 2.61. The maximum absolute atomic E-state index is 12.7. The molecule has 0 bridgehead atoms. The number of carbonyl (C=O) groups is 1. The van der Waals surface area contributed by atoms with Crippen LogP contribution in [0.15, 0.2) is 16.6 Å². The lowest BCUT2D eigenvalue weighted by Crippen LogP contribution is -2.43. The summed E-state index contributed by atoms with van der Waals surface area (Å²) in [4.78, 5) is 15.1. The molecule has 136 valence electrons. The van der Waals surface area contributed by atoms with Crippen molar-refractivity contribution in [1.82, 2.24) is 14.8 Å². The number of esters is 1. The Hall–Kier alpha value is -1.57. The van der Waals surface area contributed by atoms with E-state index in [-0.39, 0.29) is 5.97 Å². The number of aryl methyl sites for hydroxylation is 1. The number of hydrogen-bond donors (Lipinski definition) is 1. The molecule has 3 rings (SSSR count). The smallest absolute Gasteiger partial charge is 0.340 e. The van der Waals surface area contributed by atoms with Gasteiger partial charge in [0.15, 0.2) is 0 Å². The fourth-order valence-electron chi connectivity index (χ4n) is 3.34. The molecule has 1 aromatic carbocycles. The highest BCUT2D eigenvalue weighted by molar-refractivity contribution is 9.10. The number of halogens is 1. The summed E-state index contributed by atoms with van der Waals surface area (Å²) in [5.74, 6) is 0.431. The van der Waals surface area contributed by atoms with Crippen LogP contribution in [0.2, 0.25) is 0 Å². The van der Waals surface area contributed by atoms with E-state index >= 15 is 0 Å². The van der Waals surface area contributed by atoms with Crippen LogP contribution in [-0.4, -0.2) is 55.3 Å². The average molecular weight is 410 g/mol. The number of hydrogen-bond acceptors (Lipinski definition) is 5. The molecule has 7 heteroatoms. The van der Waals surface area contributed by atoms with Crippen molar-refractivity contribution in [3.8, 4) is 5.75 Å². The molecule has 0 aliphatic carbocycles. The zero-order chi connectivity index (χ0) is 18.0. The van der Waals surface area contributed by atoms with Gasteiger partial charge in [-0.1, -0.05) is 0 Å². The third-order valence-electron chi connectivity index (χ3n) is 4.66. The highest BCUT2D eigenvalue weighted by atomic mass is 79.9. The van der Waals surface area contributed by atoms with Crippen LogP contribution in [0, 0.1) is 0 Å². The van der Waals surface area contributed by atoms with Crippen molar-refractivity contribution in [1.29, 1.82) is 0 Å². The Balaban J connectivity index is 2.13. The fraction of sp³-hybridized carbons (Fsp3) is 0.500. The van der Waals surface area contributed by atoms with Crippen molar-refractivity contribution < 1.29 is 14.3 Å². The normalized spacial score (nSPS) is 15.5. The molecule has 1 aromatic heterocycles. The van der Waals surface area contributed by atoms with E-state index in [0.717, 1.165) is 53.8 Å². The van der Waals surface area contributed by atoms with Gasteiger partial charge in [-0.3, -0.25) is 4.90 Å². The van der Waals surface area contributed by atoms with Gasteiger partial charge < -0.3 is 19.4 Å². The maximum atomic E-state index is 12.7. The van der Waals surface area contributed by atoms with Crippen LogP contribution in [0.25, 0.3) is 10.9 Å². The van der Waals surface area contributed by atoms with Gasteiger partial charge in [-0.15, -0.1) is 0 Å². The summed E-state index contributed by atoms with van der Waals surface area (Å²) in [6.07, 6.45) is 0. The first-order valence-electron chi connectivity index (χ1n) is 8.51. The molecular formula is C18H24BrN3O3. The topological polar surface area (TPSA) is 55.7 Å². The summed E-state index contributed by atoms with van der Waals surface area (Å²) >= 11 is 3.54. The number of nitrogens with one attached hydrogen (secondary N) is 1. The molecule has 1 saturated heterocycles. The van der Waals surface area contributed by atoms with Crippen LogP contribution in [0.4, 0.5) is 0 Å². The second-order valence-corrected chi connectivity index (χ2v) is 6.99. The molecule has 0 atom stereocenters. The van der Waals surface area contributed by atoms with Crippen molar-refractivity contribution in [2.75, 3.05) is 39.9 Å². The predicted octanol–water partition coefficient (Wildman–Crippen LogP) is 2.53. The largest absolute Gasteiger partial charge is 0.496 e. The quantitative estimate of drug-likeness (QED) is 0.768. The first-order valence-corrected chi connectivity index (χ1v) is 9.31. The number of methoxy groups -OCH3 is 1. The predicted molar refractivity (Wildman–Crippen MR) is 101 cm³/mol. The number of piperazine rings is 1. The molecule has 2 heterocycles. The van der Waals surface area contributed by atoms with Crippen molar-refractivity contribution in [2.45, 2.75) is 13.5 Å². The van der Waals surface area contributed by atoms with Crippen LogP contribution in [-0.2, 0) is 18.3 Å². The summed E-state index contributed by atoms with van der Waals surface area (Å²) in [6.45, 7) is 6.79. The van der Waals surface area contributed by atoms with E-state index in [2.05, 4.69) is 30.7 Å². The Bertz CT molecular complexity index is 782. The Morgan fingerprint density at radius 1 is 1.32 bits per heavy atom. The molecular weight excluding hydrogens is 386 g/mol. The number of nitrogens with zero attached hydrogens (tertiary/aromatic N) is 2. The number of carbonyl (C=O) groups excluding carboxylic acids is 1. The van der Waals surface area contributed by atoms with Crippen LogP contribution in [0.5, 0.6) is 5.75 Å². The second-order valence-electron chi connectivity index (χ2n) is 6.13. The van der Waals surface area contributed by atoms with Crippen LogP contribution in [0.3, 0.4) is 0 Å². The molecule has 0 radical (unpaired) electrons. The Morgan fingerprint density at radius 3 is 2.68 bits per heavy atom. The van der Waals surface area contributed by atoms with E-state index in [9.17, 15) is 4.79 Å². The van der Waals surface area contributed by atoms with Gasteiger partial charge in [-0.05, 0) is 35.0 Å². The summed E-state index contributed by atoms with van der Waals surface area (Å²) < 4.78 is 13.7. The molecule has 1 aliphatic heterocycles. The second kappa shape index (κ2) is 7.76. The fourth-order valence-corrected chi connectivity index (χ4v) is 3.84. The van der Waals surface area contributed by atoms with Crippen LogP contribution < -0.4 is 10.1 Å². The van der Waals surface area contributed by atoms with Gasteiger partial charge in [-0.25, -0.2) is 4.79 Å². The Labute approximate surface area is 156 Å². The zero-order valence-electron chi connectivity index (χ0n) is 14.9. The highest BCUT2D eigenvalue weighted by Gasteiger charge is 2.25. The van der Waals surface area contributed by atoms with Gasteiger partial charge >= 0.3 is 5.97 Å². The van der Waals surface area contributed by atoms with E-state index < -0.39 is 0 Å². The van der Waals surface area contributed by atoms with Gasteiger partial charge in [0.05, 0.1) is 29.3 Å². The lowest BCUT2D eigenvalue weighted by Gasteiger charge is -2.27. The van der Waals surface area contributed by atoms with Crippen molar-refractivity contribution in [3.63, 3.8) is 0 Å². The summed E-state index contributed by atoms with van der Waals surface area (Å²) in [6, 6.07) is 3.91. The lowest BCUT2D eigenvalue weighted by atomic mass is 10.1. The summed E-state index contributed by atoms with van der Waals surface area (Å²) in [5, 5.41) is 4.23. The Morgan fingerprint density at radius 2 is 2.04 bits per heavy atom. The van der Waals surface area contributed by atoms with Gasteiger partial charge in [0.1, 0.15) is 5.75 Å². The number of rotatable bonds is 5. The number of benzene rings is 1. The Kier molecular flexibility index (Phi) is 5.66. The molecule has 0 unspecified atom stereocenters. The minimum absolute atomic E-state index is 0.275. The molecule has 0 amide bonds. The van der Waals surface area contributed by atoms with E-state index in [0.29, 0.717) is 17.9 Å². The lowest BCUT2D eigenvalue weighted by molar-refractivity contribution is 0.0525. The van der Waals surface area contributed by atoms with Crippen molar-refractivity contribution in [3.05, 3.63) is 27.9 Å². The summed E-state index contributed by atoms with van der Waals surface area (Å²) in [7, 11) is 3.63. The van der Waals surface area contributed by atoms with Gasteiger partial charge in [0.25, 0.3) is 0 Å². The van der Waals surface area contributed by atoms with Crippen LogP contribution in [0.1, 0.15) is 23.0 Å². The minimum Gasteiger partial charge on any atom is -0.496 e. The van der Waals surface area contributed by atoms with E-state index in [4.69, 9.17) is 9.47 Å². The molecule has 1 aliphatic rings. The zero-order valence-corrected chi connectivity index (χ0v) is 16.5. The average Bonchev–Trinajstić information content (AvgIpc) is 2.87. The van der Waals surface area contributed by atoms with Gasteiger partial charge in [0.2, 0.25) is 0 Å². The first kappa shape index (κ1) is 18.2. The number of ether oxygens (including phenoxy) is 2.